The van der Waals surface area contributed by atoms with Crippen molar-refractivity contribution in [1.29, 1.82) is 0 Å². The lowest BCUT2D eigenvalue weighted by atomic mass is 10.0. The molecule has 0 radical (unpaired) electrons. The van der Waals surface area contributed by atoms with Crippen LogP contribution < -0.4 is 5.73 Å². The summed E-state index contributed by atoms with van der Waals surface area (Å²) in [6.07, 6.45) is 0. The Balaban J connectivity index is 2.50. The molecule has 0 bridgehead atoms. The summed E-state index contributed by atoms with van der Waals surface area (Å²) in [7, 11) is 0. The van der Waals surface area contributed by atoms with Crippen molar-refractivity contribution in [3.63, 3.8) is 0 Å². The highest BCUT2D eigenvalue weighted by Gasteiger charge is 2.03. The summed E-state index contributed by atoms with van der Waals surface area (Å²) in [6, 6.07) is 11.5. The predicted molar refractivity (Wildman–Crippen MR) is 71.0 cm³/mol. The predicted octanol–water partition coefficient (Wildman–Crippen LogP) is 4.55. The minimum Gasteiger partial charge on any atom is -0.398 e. The van der Waals surface area contributed by atoms with Gasteiger partial charge in [-0.05, 0) is 41.8 Å². The van der Waals surface area contributed by atoms with E-state index < -0.39 is 0 Å². The number of anilines is 1. The van der Waals surface area contributed by atoms with Crippen molar-refractivity contribution in [2.75, 3.05) is 5.73 Å². The number of aryl methyl sites for hydroxylation is 1. The van der Waals surface area contributed by atoms with Crippen LogP contribution in [0.5, 0.6) is 0 Å². The molecule has 2 aromatic rings. The zero-order chi connectivity index (χ0) is 11.7. The molecule has 0 atom stereocenters. The van der Waals surface area contributed by atoms with Crippen molar-refractivity contribution >= 4 is 28.9 Å². The van der Waals surface area contributed by atoms with Gasteiger partial charge in [0.2, 0.25) is 0 Å². The minimum atomic E-state index is 0.564. The lowest BCUT2D eigenvalue weighted by Gasteiger charge is -2.06. The fraction of sp³-hybridized carbons (Fsp3) is 0.0769. The van der Waals surface area contributed by atoms with Gasteiger partial charge in [-0.2, -0.15) is 0 Å². The van der Waals surface area contributed by atoms with Crippen LogP contribution in [0.15, 0.2) is 36.4 Å². The summed E-state index contributed by atoms with van der Waals surface area (Å²) in [5.41, 5.74) is 9.37. The van der Waals surface area contributed by atoms with Crippen LogP contribution in [0.4, 0.5) is 5.69 Å². The van der Waals surface area contributed by atoms with E-state index in [-0.39, 0.29) is 0 Å². The summed E-state index contributed by atoms with van der Waals surface area (Å²) >= 11 is 12.1. The average Bonchev–Trinajstić information content (AvgIpc) is 2.26. The van der Waals surface area contributed by atoms with E-state index in [2.05, 4.69) is 0 Å². The SMILES string of the molecule is Cc1ccc(-c2ccc(N)c(Cl)c2)cc1Cl. The van der Waals surface area contributed by atoms with Gasteiger partial charge in [0.15, 0.2) is 0 Å². The highest BCUT2D eigenvalue weighted by atomic mass is 35.5. The maximum absolute atomic E-state index is 6.08. The van der Waals surface area contributed by atoms with Crippen LogP contribution >= 0.6 is 23.2 Å². The standard InChI is InChI=1S/C13H11Cl2N/c1-8-2-3-9(6-11(8)14)10-4-5-13(16)12(15)7-10/h2-7H,16H2,1H3. The molecule has 0 heterocycles. The summed E-state index contributed by atoms with van der Waals surface area (Å²) in [6.45, 7) is 1.97. The number of hydrogen-bond acceptors (Lipinski definition) is 1. The molecule has 0 unspecified atom stereocenters. The van der Waals surface area contributed by atoms with E-state index in [9.17, 15) is 0 Å². The molecule has 0 saturated heterocycles. The first-order valence-corrected chi connectivity index (χ1v) is 5.65. The van der Waals surface area contributed by atoms with Crippen LogP contribution in [0.25, 0.3) is 11.1 Å². The zero-order valence-corrected chi connectivity index (χ0v) is 10.3. The average molecular weight is 252 g/mol. The molecule has 0 aromatic heterocycles. The Morgan fingerprint density at radius 3 is 2.00 bits per heavy atom. The number of rotatable bonds is 1. The molecule has 0 fully saturated rings. The van der Waals surface area contributed by atoms with Gasteiger partial charge in [-0.25, -0.2) is 0 Å². The molecule has 82 valence electrons. The van der Waals surface area contributed by atoms with Crippen LogP contribution in [0, 0.1) is 6.92 Å². The van der Waals surface area contributed by atoms with Crippen molar-refractivity contribution in [3.05, 3.63) is 52.0 Å². The Kier molecular flexibility index (Phi) is 3.08. The van der Waals surface area contributed by atoms with Crippen molar-refractivity contribution in [2.45, 2.75) is 6.92 Å². The van der Waals surface area contributed by atoms with Gasteiger partial charge in [0.25, 0.3) is 0 Å². The van der Waals surface area contributed by atoms with Gasteiger partial charge in [-0.1, -0.05) is 41.4 Å². The molecule has 0 saturated carbocycles. The molecular weight excluding hydrogens is 241 g/mol. The third-order valence-electron chi connectivity index (χ3n) is 2.51. The molecule has 0 aliphatic carbocycles. The van der Waals surface area contributed by atoms with E-state index in [4.69, 9.17) is 28.9 Å². The molecule has 2 N–H and O–H groups in total. The number of benzene rings is 2. The Labute approximate surface area is 105 Å². The molecule has 16 heavy (non-hydrogen) atoms. The second-order valence-corrected chi connectivity index (χ2v) is 4.51. The maximum Gasteiger partial charge on any atom is 0.0641 e. The van der Waals surface area contributed by atoms with Gasteiger partial charge >= 0.3 is 0 Å². The molecule has 2 aromatic carbocycles. The first kappa shape index (κ1) is 11.3. The van der Waals surface area contributed by atoms with Gasteiger partial charge in [0.05, 0.1) is 10.7 Å². The Morgan fingerprint density at radius 2 is 1.44 bits per heavy atom. The largest absolute Gasteiger partial charge is 0.398 e. The van der Waals surface area contributed by atoms with Crippen LogP contribution in [0.3, 0.4) is 0 Å². The third kappa shape index (κ3) is 2.16. The lowest BCUT2D eigenvalue weighted by molar-refractivity contribution is 1.47. The van der Waals surface area contributed by atoms with Crippen LogP contribution in [0.1, 0.15) is 5.56 Å². The van der Waals surface area contributed by atoms with E-state index in [0.29, 0.717) is 10.7 Å². The lowest BCUT2D eigenvalue weighted by Crippen LogP contribution is -1.87. The summed E-state index contributed by atoms with van der Waals surface area (Å²) in [4.78, 5) is 0. The van der Waals surface area contributed by atoms with Gasteiger partial charge in [0, 0.05) is 5.02 Å². The minimum absolute atomic E-state index is 0.564. The van der Waals surface area contributed by atoms with Crippen LogP contribution in [0.2, 0.25) is 10.0 Å². The topological polar surface area (TPSA) is 26.0 Å². The molecule has 0 aliphatic rings. The van der Waals surface area contributed by atoms with E-state index in [1.54, 1.807) is 6.07 Å². The smallest absolute Gasteiger partial charge is 0.0641 e. The fourth-order valence-corrected chi connectivity index (χ4v) is 1.84. The Hall–Kier alpha value is -1.18. The summed E-state index contributed by atoms with van der Waals surface area (Å²) in [5, 5.41) is 1.32. The molecule has 0 aliphatic heterocycles. The molecular formula is C13H11Cl2N. The normalized spacial score (nSPS) is 10.4. The Morgan fingerprint density at radius 1 is 0.875 bits per heavy atom. The molecule has 0 spiro atoms. The second kappa shape index (κ2) is 4.36. The Bertz CT molecular complexity index is 486. The molecule has 0 amide bonds. The maximum atomic E-state index is 6.08. The van der Waals surface area contributed by atoms with Crippen molar-refractivity contribution in [3.8, 4) is 11.1 Å². The van der Waals surface area contributed by atoms with E-state index >= 15 is 0 Å². The number of nitrogen functional groups attached to an aromatic ring is 1. The first-order valence-electron chi connectivity index (χ1n) is 4.89. The molecule has 3 heteroatoms. The molecule has 2 rings (SSSR count). The second-order valence-electron chi connectivity index (χ2n) is 3.70. The van der Waals surface area contributed by atoms with Gasteiger partial charge in [-0.15, -0.1) is 0 Å². The van der Waals surface area contributed by atoms with Crippen LogP contribution in [-0.2, 0) is 0 Å². The quantitative estimate of drug-likeness (QED) is 0.740. The van der Waals surface area contributed by atoms with Crippen molar-refractivity contribution < 1.29 is 0 Å². The number of nitrogens with two attached hydrogens (primary N) is 1. The van der Waals surface area contributed by atoms with Gasteiger partial charge in [0.1, 0.15) is 0 Å². The fourth-order valence-electron chi connectivity index (χ4n) is 1.48. The molecule has 1 nitrogen and oxygen atoms in total. The van der Waals surface area contributed by atoms with E-state index in [1.807, 2.05) is 37.3 Å². The van der Waals surface area contributed by atoms with Gasteiger partial charge < -0.3 is 5.73 Å². The van der Waals surface area contributed by atoms with Crippen molar-refractivity contribution in [2.24, 2.45) is 0 Å². The van der Waals surface area contributed by atoms with E-state index in [0.717, 1.165) is 21.7 Å². The van der Waals surface area contributed by atoms with Gasteiger partial charge in [-0.3, -0.25) is 0 Å². The highest BCUT2D eigenvalue weighted by molar-refractivity contribution is 6.33. The third-order valence-corrected chi connectivity index (χ3v) is 3.24. The zero-order valence-electron chi connectivity index (χ0n) is 8.80. The van der Waals surface area contributed by atoms with Crippen LogP contribution in [-0.4, -0.2) is 0 Å². The first-order chi connectivity index (χ1) is 7.58. The van der Waals surface area contributed by atoms with Crippen molar-refractivity contribution in [1.82, 2.24) is 0 Å². The summed E-state index contributed by atoms with van der Waals surface area (Å²) in [5.74, 6) is 0. The monoisotopic (exact) mass is 251 g/mol. The summed E-state index contributed by atoms with van der Waals surface area (Å²) < 4.78 is 0. The van der Waals surface area contributed by atoms with E-state index in [1.165, 1.54) is 0 Å². The highest BCUT2D eigenvalue weighted by Crippen LogP contribution is 2.29. The number of halogens is 2. The number of hydrogen-bond donors (Lipinski definition) is 1.